The van der Waals surface area contributed by atoms with Gasteiger partial charge in [-0.3, -0.25) is 4.79 Å². The highest BCUT2D eigenvalue weighted by molar-refractivity contribution is 5.99. The van der Waals surface area contributed by atoms with Crippen LogP contribution in [0.1, 0.15) is 33.3 Å². The Morgan fingerprint density at radius 3 is 2.63 bits per heavy atom. The number of nitrogens with zero attached hydrogens (tertiary/aromatic N) is 1. The maximum absolute atomic E-state index is 12.8. The Morgan fingerprint density at radius 1 is 1.19 bits per heavy atom. The number of fused-ring (bicyclic) bond motifs is 1. The summed E-state index contributed by atoms with van der Waals surface area (Å²) in [7, 11) is 5.63. The molecule has 27 heavy (non-hydrogen) atoms. The van der Waals surface area contributed by atoms with Crippen LogP contribution in [0.4, 0.5) is 0 Å². The second-order valence-corrected chi connectivity index (χ2v) is 6.99. The quantitative estimate of drug-likeness (QED) is 0.714. The van der Waals surface area contributed by atoms with Crippen LogP contribution in [-0.2, 0) is 0 Å². The van der Waals surface area contributed by atoms with Gasteiger partial charge in [0, 0.05) is 23.1 Å². The molecule has 1 heterocycles. The molecular weight excluding hydrogens is 340 g/mol. The minimum atomic E-state index is -0.205. The molecule has 0 saturated heterocycles. The summed E-state index contributed by atoms with van der Waals surface area (Å²) < 4.78 is 11.3. The van der Waals surface area contributed by atoms with Crippen molar-refractivity contribution < 1.29 is 13.9 Å². The van der Waals surface area contributed by atoms with Crippen LogP contribution in [0.2, 0.25) is 0 Å². The number of hydrogen-bond donors (Lipinski definition) is 1. The van der Waals surface area contributed by atoms with Crippen molar-refractivity contribution in [3.05, 3.63) is 64.9 Å². The average molecular weight is 366 g/mol. The molecule has 0 saturated carbocycles. The van der Waals surface area contributed by atoms with Gasteiger partial charge in [0.2, 0.25) is 0 Å². The largest absolute Gasteiger partial charge is 0.496 e. The van der Waals surface area contributed by atoms with Gasteiger partial charge < -0.3 is 19.4 Å². The van der Waals surface area contributed by atoms with Crippen LogP contribution in [0.5, 0.6) is 5.75 Å². The zero-order valence-corrected chi connectivity index (χ0v) is 16.5. The van der Waals surface area contributed by atoms with Crippen molar-refractivity contribution in [1.29, 1.82) is 0 Å². The Morgan fingerprint density at radius 2 is 1.93 bits per heavy atom. The number of aryl methyl sites for hydroxylation is 2. The zero-order chi connectivity index (χ0) is 19.6. The lowest BCUT2D eigenvalue weighted by atomic mass is 10.0. The predicted octanol–water partition coefficient (Wildman–Crippen LogP) is 4.09. The SMILES string of the molecule is COc1ccccc1C(CNC(=O)c1oc2cc(C)ccc2c1C)N(C)C. The van der Waals surface area contributed by atoms with E-state index in [9.17, 15) is 4.79 Å². The highest BCUT2D eigenvalue weighted by Crippen LogP contribution is 2.28. The monoisotopic (exact) mass is 366 g/mol. The lowest BCUT2D eigenvalue weighted by molar-refractivity contribution is 0.0915. The van der Waals surface area contributed by atoms with E-state index < -0.39 is 0 Å². The van der Waals surface area contributed by atoms with Crippen LogP contribution >= 0.6 is 0 Å². The van der Waals surface area contributed by atoms with Gasteiger partial charge in [-0.1, -0.05) is 30.3 Å². The molecule has 0 spiro atoms. The molecule has 0 bridgehead atoms. The zero-order valence-electron chi connectivity index (χ0n) is 16.5. The van der Waals surface area contributed by atoms with Crippen LogP contribution in [0, 0.1) is 13.8 Å². The number of methoxy groups -OCH3 is 1. The van der Waals surface area contributed by atoms with E-state index in [2.05, 4.69) is 10.2 Å². The van der Waals surface area contributed by atoms with Crippen molar-refractivity contribution in [2.45, 2.75) is 19.9 Å². The Bertz CT molecular complexity index is 959. The molecule has 3 rings (SSSR count). The first-order valence-electron chi connectivity index (χ1n) is 8.99. The maximum atomic E-state index is 12.8. The Labute approximate surface area is 159 Å². The van der Waals surface area contributed by atoms with E-state index in [1.807, 2.05) is 70.4 Å². The fourth-order valence-corrected chi connectivity index (χ4v) is 3.33. The van der Waals surface area contributed by atoms with Gasteiger partial charge in [0.1, 0.15) is 11.3 Å². The first-order chi connectivity index (χ1) is 12.9. The van der Waals surface area contributed by atoms with E-state index in [1.54, 1.807) is 7.11 Å². The smallest absolute Gasteiger partial charge is 0.287 e. The molecule has 1 atom stereocenters. The normalized spacial score (nSPS) is 12.4. The summed E-state index contributed by atoms with van der Waals surface area (Å²) >= 11 is 0. The highest BCUT2D eigenvalue weighted by Gasteiger charge is 2.22. The molecule has 1 aromatic heterocycles. The number of furan rings is 1. The summed E-state index contributed by atoms with van der Waals surface area (Å²) in [6, 6.07) is 13.8. The van der Waals surface area contributed by atoms with Crippen LogP contribution in [-0.4, -0.2) is 38.6 Å². The second kappa shape index (κ2) is 7.84. The van der Waals surface area contributed by atoms with Crippen LogP contribution < -0.4 is 10.1 Å². The maximum Gasteiger partial charge on any atom is 0.287 e. The van der Waals surface area contributed by atoms with Crippen molar-refractivity contribution in [1.82, 2.24) is 10.2 Å². The highest BCUT2D eigenvalue weighted by atomic mass is 16.5. The van der Waals surface area contributed by atoms with Gasteiger partial charge >= 0.3 is 0 Å². The number of para-hydroxylation sites is 1. The number of amides is 1. The number of benzene rings is 2. The lowest BCUT2D eigenvalue weighted by Gasteiger charge is -2.26. The molecule has 1 N–H and O–H groups in total. The van der Waals surface area contributed by atoms with Gasteiger partial charge in [0.15, 0.2) is 5.76 Å². The third kappa shape index (κ3) is 3.83. The molecule has 142 valence electrons. The minimum Gasteiger partial charge on any atom is -0.496 e. The number of likely N-dealkylation sites (N-methyl/N-ethyl adjacent to an activating group) is 1. The lowest BCUT2D eigenvalue weighted by Crippen LogP contribution is -2.34. The average Bonchev–Trinajstić information content (AvgIpc) is 2.97. The van der Waals surface area contributed by atoms with Gasteiger partial charge in [-0.05, 0) is 45.6 Å². The van der Waals surface area contributed by atoms with E-state index in [0.29, 0.717) is 12.3 Å². The summed E-state index contributed by atoms with van der Waals surface area (Å²) in [5, 5.41) is 3.99. The molecule has 0 radical (unpaired) electrons. The van der Waals surface area contributed by atoms with Crippen LogP contribution in [0.3, 0.4) is 0 Å². The van der Waals surface area contributed by atoms with E-state index in [-0.39, 0.29) is 11.9 Å². The van der Waals surface area contributed by atoms with Crippen molar-refractivity contribution in [2.75, 3.05) is 27.7 Å². The topological polar surface area (TPSA) is 54.7 Å². The third-order valence-electron chi connectivity index (χ3n) is 4.88. The molecule has 0 aliphatic carbocycles. The van der Waals surface area contributed by atoms with E-state index in [4.69, 9.17) is 9.15 Å². The number of ether oxygens (including phenoxy) is 1. The molecule has 5 nitrogen and oxygen atoms in total. The third-order valence-corrected chi connectivity index (χ3v) is 4.88. The molecule has 3 aromatic rings. The van der Waals surface area contributed by atoms with E-state index >= 15 is 0 Å². The van der Waals surface area contributed by atoms with Gasteiger partial charge in [0.05, 0.1) is 13.2 Å². The Balaban J connectivity index is 1.82. The second-order valence-electron chi connectivity index (χ2n) is 6.99. The Kier molecular flexibility index (Phi) is 5.51. The summed E-state index contributed by atoms with van der Waals surface area (Å²) in [6.07, 6.45) is 0. The van der Waals surface area contributed by atoms with Gasteiger partial charge in [-0.15, -0.1) is 0 Å². The summed E-state index contributed by atoms with van der Waals surface area (Å²) in [5.74, 6) is 0.970. The summed E-state index contributed by atoms with van der Waals surface area (Å²) in [4.78, 5) is 14.8. The molecule has 1 unspecified atom stereocenters. The molecule has 0 aliphatic heterocycles. The van der Waals surface area contributed by atoms with Crippen LogP contribution in [0.25, 0.3) is 11.0 Å². The molecule has 1 amide bonds. The number of nitrogens with one attached hydrogen (secondary N) is 1. The predicted molar refractivity (Wildman–Crippen MR) is 107 cm³/mol. The fraction of sp³-hybridized carbons (Fsp3) is 0.318. The minimum absolute atomic E-state index is 0.0166. The van der Waals surface area contributed by atoms with Gasteiger partial charge in [-0.2, -0.15) is 0 Å². The molecule has 0 fully saturated rings. The first kappa shape index (κ1) is 19.0. The summed E-state index contributed by atoms with van der Waals surface area (Å²) in [6.45, 7) is 4.37. The molecule has 0 aliphatic rings. The van der Waals surface area contributed by atoms with E-state index in [0.717, 1.165) is 33.4 Å². The van der Waals surface area contributed by atoms with Gasteiger partial charge in [0.25, 0.3) is 5.91 Å². The van der Waals surface area contributed by atoms with E-state index in [1.165, 1.54) is 0 Å². The fourth-order valence-electron chi connectivity index (χ4n) is 3.33. The number of carbonyl (C=O) groups is 1. The number of rotatable bonds is 6. The van der Waals surface area contributed by atoms with Crippen molar-refractivity contribution >= 4 is 16.9 Å². The van der Waals surface area contributed by atoms with Crippen molar-refractivity contribution in [2.24, 2.45) is 0 Å². The van der Waals surface area contributed by atoms with Gasteiger partial charge in [-0.25, -0.2) is 0 Å². The molecule has 2 aromatic carbocycles. The number of carbonyl (C=O) groups excluding carboxylic acids is 1. The number of hydrogen-bond acceptors (Lipinski definition) is 4. The molecule has 5 heteroatoms. The van der Waals surface area contributed by atoms with Crippen LogP contribution in [0.15, 0.2) is 46.9 Å². The Hall–Kier alpha value is -2.79. The standard InChI is InChI=1S/C22H26N2O3/c1-14-10-11-16-15(2)21(27-20(16)12-14)22(25)23-13-18(24(3)4)17-8-6-7-9-19(17)26-5/h6-12,18H,13H2,1-5H3,(H,23,25). The van der Waals surface area contributed by atoms with Crippen molar-refractivity contribution in [3.8, 4) is 5.75 Å². The molecular formula is C22H26N2O3. The van der Waals surface area contributed by atoms with Crippen molar-refractivity contribution in [3.63, 3.8) is 0 Å². The summed E-state index contributed by atoms with van der Waals surface area (Å²) in [5.41, 5.74) is 3.74. The first-order valence-corrected chi connectivity index (χ1v) is 8.99.